The van der Waals surface area contributed by atoms with Crippen molar-refractivity contribution >= 4 is 49.6 Å². The first-order valence-electron chi connectivity index (χ1n) is 21.1. The Kier molecular flexibility index (Phi) is 15.1. The summed E-state index contributed by atoms with van der Waals surface area (Å²) in [6.07, 6.45) is 10.9. The Hall–Kier alpha value is -4.92. The molecule has 0 fully saturated rings. The zero-order valence-electron chi connectivity index (χ0n) is 36.6. The van der Waals surface area contributed by atoms with Crippen molar-refractivity contribution in [3.05, 3.63) is 228 Å². The number of benzene rings is 8. The molecule has 0 spiro atoms. The quantitative estimate of drug-likeness (QED) is 0.122. The molecule has 0 saturated heterocycles. The first-order valence-corrected chi connectivity index (χ1v) is 22.9. The minimum absolute atomic E-state index is 0. The Bertz CT molecular complexity index is 2680. The van der Waals surface area contributed by atoms with Crippen molar-refractivity contribution in [1.29, 1.82) is 0 Å². The molecule has 0 aliphatic heterocycles. The van der Waals surface area contributed by atoms with Gasteiger partial charge in [-0.2, -0.15) is 6.08 Å². The predicted molar refractivity (Wildman–Crippen MR) is 269 cm³/mol. The summed E-state index contributed by atoms with van der Waals surface area (Å²) in [5.41, 5.74) is 16.3. The molecule has 0 saturated carbocycles. The topological polar surface area (TPSA) is 0 Å². The van der Waals surface area contributed by atoms with E-state index in [1.165, 1.54) is 91.6 Å². The van der Waals surface area contributed by atoms with E-state index < -0.39 is 0 Å². The third kappa shape index (κ3) is 10.1. The van der Waals surface area contributed by atoms with E-state index in [0.717, 1.165) is 36.7 Å². The first kappa shape index (κ1) is 46.6. The van der Waals surface area contributed by atoms with Gasteiger partial charge in [0, 0.05) is 0 Å². The molecule has 0 aromatic heterocycles. The van der Waals surface area contributed by atoms with Crippen LogP contribution in [0.3, 0.4) is 0 Å². The van der Waals surface area contributed by atoms with E-state index in [1.54, 1.807) is 0 Å². The molecule has 0 heterocycles. The van der Waals surface area contributed by atoms with Gasteiger partial charge < -0.3 is 0 Å². The second kappa shape index (κ2) is 20.1. The van der Waals surface area contributed by atoms with Gasteiger partial charge in [0.15, 0.2) is 0 Å². The molecule has 10 rings (SSSR count). The summed E-state index contributed by atoms with van der Waals surface area (Å²) in [5, 5.41) is 5.33. The molecule has 3 heteroatoms. The SMILES string of the molecule is CC(C)(C)c1cc2c([c-]c1-c1ccccc1)Cc1cc(-c3ccccc3)c(C(C)(C)C)cc1-2.Cl.Cl.[C-]1=CC=CC1.[Hf+2]=[C](c1cccc2ccccc12)c1cccc2ccccc12. The standard InChI is InChI=1S/C33H33.C21H14.C5H5.2ClH.Hf/c1-32(2,3)30-20-26-24(18-28(30)22-13-9-7-10-14-22)17-25-19-29(23-15-11-8-12-16-23)31(21-27(25)26)33(4,5)6;1-3-13-20-16(7-1)9-5-11-18(20)15-19-12-6-10-17-8-2-4-14-21(17)19;1-2-4-5-3-1;;;/h7-16,18,20-21H,17H2,1-6H3;1-14H;1-3H,4H2;2*1H;/q-1;;-1;;;+2. The molecule has 0 bridgehead atoms. The molecule has 0 atom stereocenters. The number of allylic oxidation sites excluding steroid dienone is 4. The molecule has 0 amide bonds. The fourth-order valence-corrected chi connectivity index (χ4v) is 10.0. The van der Waals surface area contributed by atoms with Gasteiger partial charge in [0.2, 0.25) is 0 Å². The van der Waals surface area contributed by atoms with Crippen molar-refractivity contribution in [2.75, 3.05) is 0 Å². The van der Waals surface area contributed by atoms with E-state index >= 15 is 0 Å². The normalized spacial score (nSPS) is 12.3. The summed E-state index contributed by atoms with van der Waals surface area (Å²) in [7, 11) is 0. The molecule has 8 aromatic rings. The van der Waals surface area contributed by atoms with Gasteiger partial charge in [-0.1, -0.05) is 131 Å². The van der Waals surface area contributed by atoms with Crippen LogP contribution in [0.1, 0.15) is 81.3 Å². The molecule has 0 nitrogen and oxygen atoms in total. The maximum atomic E-state index is 3.88. The van der Waals surface area contributed by atoms with Crippen molar-refractivity contribution in [2.45, 2.75) is 65.2 Å². The van der Waals surface area contributed by atoms with Crippen LogP contribution in [0.4, 0.5) is 0 Å². The van der Waals surface area contributed by atoms with Crippen molar-refractivity contribution in [3.8, 4) is 33.4 Å². The number of fused-ring (bicyclic) bond motifs is 5. The summed E-state index contributed by atoms with van der Waals surface area (Å²) < 4.78 is 1.47. The summed E-state index contributed by atoms with van der Waals surface area (Å²) >= 11 is 1.02. The van der Waals surface area contributed by atoms with E-state index in [0.29, 0.717) is 0 Å². The summed E-state index contributed by atoms with van der Waals surface area (Å²) in [6.45, 7) is 13.9. The predicted octanol–water partition coefficient (Wildman–Crippen LogP) is 16.2. The summed E-state index contributed by atoms with van der Waals surface area (Å²) in [4.78, 5) is 0. The summed E-state index contributed by atoms with van der Waals surface area (Å²) in [6, 6.07) is 63.4. The van der Waals surface area contributed by atoms with Crippen LogP contribution in [0.2, 0.25) is 0 Å². The zero-order valence-corrected chi connectivity index (χ0v) is 41.8. The van der Waals surface area contributed by atoms with E-state index in [-0.39, 0.29) is 35.6 Å². The molecular formula is C59H54Cl2Hf. The van der Waals surface area contributed by atoms with Crippen LogP contribution in [0, 0.1) is 12.1 Å². The van der Waals surface area contributed by atoms with Crippen LogP contribution in [0.25, 0.3) is 54.9 Å². The van der Waals surface area contributed by atoms with Crippen LogP contribution >= 0.6 is 24.8 Å². The number of hydrogen-bond donors (Lipinski definition) is 0. The van der Waals surface area contributed by atoms with Gasteiger partial charge in [-0.15, -0.1) is 60.1 Å². The van der Waals surface area contributed by atoms with Crippen molar-refractivity contribution in [2.24, 2.45) is 0 Å². The van der Waals surface area contributed by atoms with Crippen LogP contribution < -0.4 is 0 Å². The molecule has 0 unspecified atom stereocenters. The minimum atomic E-state index is 0. The van der Waals surface area contributed by atoms with Crippen LogP contribution in [-0.2, 0) is 41.1 Å². The fourth-order valence-electron chi connectivity index (χ4n) is 8.47. The Morgan fingerprint density at radius 3 is 1.52 bits per heavy atom. The van der Waals surface area contributed by atoms with Crippen LogP contribution in [0.5, 0.6) is 0 Å². The van der Waals surface area contributed by atoms with Gasteiger partial charge in [-0.25, -0.2) is 12.2 Å². The number of rotatable bonds is 4. The molecule has 62 heavy (non-hydrogen) atoms. The second-order valence-corrected chi connectivity index (χ2v) is 19.6. The number of hydrogen-bond acceptors (Lipinski definition) is 0. The molecule has 0 N–H and O–H groups in total. The zero-order chi connectivity index (χ0) is 41.9. The monoisotopic (exact) mass is 1010 g/mol. The fraction of sp³-hybridized carbons (Fsp3) is 0.169. The van der Waals surface area contributed by atoms with E-state index in [4.69, 9.17) is 0 Å². The van der Waals surface area contributed by atoms with Crippen molar-refractivity contribution < 1.29 is 23.9 Å². The molecule has 2 aliphatic rings. The Balaban J connectivity index is 0.000000190. The van der Waals surface area contributed by atoms with Gasteiger partial charge in [0.1, 0.15) is 0 Å². The second-order valence-electron chi connectivity index (χ2n) is 17.8. The number of halogens is 2. The third-order valence-corrected chi connectivity index (χ3v) is 13.5. The molecule has 0 radical (unpaired) electrons. The van der Waals surface area contributed by atoms with Gasteiger partial charge in [0.05, 0.1) is 0 Å². The van der Waals surface area contributed by atoms with E-state index in [9.17, 15) is 0 Å². The molecule has 308 valence electrons. The van der Waals surface area contributed by atoms with Gasteiger partial charge >= 0.3 is 145 Å². The van der Waals surface area contributed by atoms with Gasteiger partial charge in [0.25, 0.3) is 0 Å². The molecule has 2 aliphatic carbocycles. The molecular weight excluding hydrogens is 958 g/mol. The van der Waals surface area contributed by atoms with E-state index in [1.807, 2.05) is 12.2 Å². The Morgan fingerprint density at radius 1 is 0.516 bits per heavy atom. The average molecular weight is 1010 g/mol. The van der Waals surface area contributed by atoms with Gasteiger partial charge in [-0.05, 0) is 39.5 Å². The van der Waals surface area contributed by atoms with Crippen LogP contribution in [-0.4, -0.2) is 3.26 Å². The third-order valence-electron chi connectivity index (χ3n) is 11.5. The van der Waals surface area contributed by atoms with E-state index in [2.05, 4.69) is 224 Å². The average Bonchev–Trinajstić information content (AvgIpc) is 3.97. The first-order chi connectivity index (χ1) is 29.0. The maximum absolute atomic E-state index is 3.88. The van der Waals surface area contributed by atoms with Gasteiger partial charge in [-0.3, -0.25) is 6.08 Å². The van der Waals surface area contributed by atoms with Crippen LogP contribution in [0.15, 0.2) is 182 Å². The Morgan fingerprint density at radius 2 is 1.02 bits per heavy atom. The summed E-state index contributed by atoms with van der Waals surface area (Å²) in [5.74, 6) is 0. The Labute approximate surface area is 396 Å². The molecule has 8 aromatic carbocycles. The van der Waals surface area contributed by atoms with Crippen molar-refractivity contribution in [3.63, 3.8) is 0 Å². The van der Waals surface area contributed by atoms with Crippen molar-refractivity contribution in [1.82, 2.24) is 0 Å².